The molecule has 2 rings (SSSR count). The summed E-state index contributed by atoms with van der Waals surface area (Å²) < 4.78 is 29.7. The Morgan fingerprint density at radius 3 is 1.75 bits per heavy atom. The molecule has 0 N–H and O–H groups in total. The summed E-state index contributed by atoms with van der Waals surface area (Å²) in [7, 11) is -2.55. The Morgan fingerprint density at radius 2 is 1.38 bits per heavy atom. The topological polar surface area (TPSA) is 49.4 Å². The minimum atomic E-state index is -2.55. The number of ether oxygens (including phenoxy) is 2. The molecule has 0 radical (unpaired) electrons. The Balaban J connectivity index is 1.90. The summed E-state index contributed by atoms with van der Waals surface area (Å²) in [5.74, 6) is 0. The monoisotopic (exact) mass is 361 g/mol. The quantitative estimate of drug-likeness (QED) is 0.498. The standard InChI is InChI=1S/C17H35NO5Si/c1-4-21-24(22-5-2,23-6-3)15-9-12-18(16-10-7-13-19-16)17-11-8-14-20-17/h16-17H,4-15H2,1-3H3. The van der Waals surface area contributed by atoms with E-state index in [1.54, 1.807) is 0 Å². The number of hydrogen-bond acceptors (Lipinski definition) is 6. The van der Waals surface area contributed by atoms with Gasteiger partial charge in [-0.15, -0.1) is 0 Å². The van der Waals surface area contributed by atoms with Crippen molar-refractivity contribution in [2.24, 2.45) is 0 Å². The molecule has 2 saturated heterocycles. The minimum Gasteiger partial charge on any atom is -0.374 e. The lowest BCUT2D eigenvalue weighted by molar-refractivity contribution is -0.117. The van der Waals surface area contributed by atoms with Crippen molar-refractivity contribution < 1.29 is 22.8 Å². The largest absolute Gasteiger partial charge is 0.500 e. The van der Waals surface area contributed by atoms with E-state index in [0.717, 1.165) is 57.9 Å². The Hall–Kier alpha value is -0.0231. The molecule has 0 saturated carbocycles. The molecule has 0 aromatic heterocycles. The van der Waals surface area contributed by atoms with Crippen molar-refractivity contribution >= 4 is 8.80 Å². The van der Waals surface area contributed by atoms with Crippen LogP contribution in [0.1, 0.15) is 52.9 Å². The van der Waals surface area contributed by atoms with Gasteiger partial charge in [0.15, 0.2) is 0 Å². The summed E-state index contributed by atoms with van der Waals surface area (Å²) in [6, 6.07) is 0.846. The first-order valence-corrected chi connectivity index (χ1v) is 11.6. The molecule has 142 valence electrons. The first-order valence-electron chi connectivity index (χ1n) is 9.65. The van der Waals surface area contributed by atoms with E-state index in [4.69, 9.17) is 22.8 Å². The minimum absolute atomic E-state index is 0.204. The third kappa shape index (κ3) is 5.76. The van der Waals surface area contributed by atoms with E-state index in [2.05, 4.69) is 4.90 Å². The first kappa shape index (κ1) is 20.3. The van der Waals surface area contributed by atoms with E-state index in [1.165, 1.54) is 0 Å². The SMILES string of the molecule is CCO[Si](CCCN(C1CCCO1)C1CCCO1)(OCC)OCC. The fraction of sp³-hybridized carbons (Fsp3) is 1.00. The highest BCUT2D eigenvalue weighted by atomic mass is 28.4. The van der Waals surface area contributed by atoms with E-state index in [-0.39, 0.29) is 12.5 Å². The summed E-state index contributed by atoms with van der Waals surface area (Å²) in [4.78, 5) is 2.41. The average molecular weight is 362 g/mol. The second kappa shape index (κ2) is 10.9. The van der Waals surface area contributed by atoms with Crippen LogP contribution in [0.5, 0.6) is 0 Å². The first-order chi connectivity index (χ1) is 11.7. The van der Waals surface area contributed by atoms with Gasteiger partial charge in [-0.2, -0.15) is 0 Å². The van der Waals surface area contributed by atoms with Crippen LogP contribution in [0.2, 0.25) is 6.04 Å². The smallest absolute Gasteiger partial charge is 0.374 e. The third-order valence-electron chi connectivity index (χ3n) is 4.54. The Morgan fingerprint density at radius 1 is 0.875 bits per heavy atom. The molecule has 6 nitrogen and oxygen atoms in total. The Kier molecular flexibility index (Phi) is 9.18. The fourth-order valence-electron chi connectivity index (χ4n) is 3.60. The predicted molar refractivity (Wildman–Crippen MR) is 94.7 cm³/mol. The summed E-state index contributed by atoms with van der Waals surface area (Å²) >= 11 is 0. The van der Waals surface area contributed by atoms with E-state index >= 15 is 0 Å². The van der Waals surface area contributed by atoms with Crippen LogP contribution in [0.3, 0.4) is 0 Å². The lowest BCUT2D eigenvalue weighted by Gasteiger charge is -2.34. The van der Waals surface area contributed by atoms with Crippen LogP contribution in [0.4, 0.5) is 0 Å². The maximum Gasteiger partial charge on any atom is 0.500 e. The lowest BCUT2D eigenvalue weighted by atomic mass is 10.2. The van der Waals surface area contributed by atoms with Gasteiger partial charge in [0.2, 0.25) is 0 Å². The molecule has 0 spiro atoms. The van der Waals surface area contributed by atoms with Gasteiger partial charge in [-0.1, -0.05) is 0 Å². The van der Waals surface area contributed by atoms with Crippen molar-refractivity contribution in [1.29, 1.82) is 0 Å². The van der Waals surface area contributed by atoms with Crippen LogP contribution in [0.15, 0.2) is 0 Å². The van der Waals surface area contributed by atoms with E-state index in [1.807, 2.05) is 20.8 Å². The van der Waals surface area contributed by atoms with Gasteiger partial charge in [0.05, 0.1) is 0 Å². The maximum absolute atomic E-state index is 5.96. The van der Waals surface area contributed by atoms with E-state index < -0.39 is 8.80 Å². The molecule has 2 aliphatic rings. The van der Waals surface area contributed by atoms with Gasteiger partial charge in [0, 0.05) is 45.6 Å². The molecule has 2 unspecified atom stereocenters. The zero-order valence-electron chi connectivity index (χ0n) is 15.6. The highest BCUT2D eigenvalue weighted by Gasteiger charge is 2.40. The second-order valence-electron chi connectivity index (χ2n) is 6.26. The number of hydrogen-bond donors (Lipinski definition) is 0. The highest BCUT2D eigenvalue weighted by Crippen LogP contribution is 2.26. The van der Waals surface area contributed by atoms with Gasteiger partial charge in [0.25, 0.3) is 0 Å². The van der Waals surface area contributed by atoms with Crippen molar-refractivity contribution in [3.05, 3.63) is 0 Å². The number of nitrogens with zero attached hydrogens (tertiary/aromatic N) is 1. The van der Waals surface area contributed by atoms with Crippen molar-refractivity contribution in [3.8, 4) is 0 Å². The molecule has 2 heterocycles. The van der Waals surface area contributed by atoms with Gasteiger partial charge in [-0.3, -0.25) is 4.90 Å². The van der Waals surface area contributed by atoms with Gasteiger partial charge in [-0.25, -0.2) is 0 Å². The molecule has 0 aliphatic carbocycles. The zero-order valence-corrected chi connectivity index (χ0v) is 16.6. The van der Waals surface area contributed by atoms with Gasteiger partial charge < -0.3 is 22.8 Å². The molecule has 0 bridgehead atoms. The third-order valence-corrected chi connectivity index (χ3v) is 7.69. The van der Waals surface area contributed by atoms with Crippen LogP contribution in [-0.2, 0) is 22.8 Å². The molecule has 24 heavy (non-hydrogen) atoms. The molecule has 0 aromatic rings. The van der Waals surface area contributed by atoms with Crippen molar-refractivity contribution in [1.82, 2.24) is 4.90 Å². The van der Waals surface area contributed by atoms with Crippen LogP contribution >= 0.6 is 0 Å². The van der Waals surface area contributed by atoms with Crippen LogP contribution < -0.4 is 0 Å². The van der Waals surface area contributed by atoms with Crippen LogP contribution in [0, 0.1) is 0 Å². The molecular formula is C17H35NO5Si. The molecule has 0 amide bonds. The van der Waals surface area contributed by atoms with E-state index in [9.17, 15) is 0 Å². The summed E-state index contributed by atoms with van der Waals surface area (Å²) in [6.45, 7) is 10.6. The zero-order chi connectivity index (χ0) is 17.3. The molecular weight excluding hydrogens is 326 g/mol. The Bertz CT molecular complexity index is 302. The summed E-state index contributed by atoms with van der Waals surface area (Å²) in [6.07, 6.45) is 5.87. The summed E-state index contributed by atoms with van der Waals surface area (Å²) in [5, 5.41) is 0. The summed E-state index contributed by atoms with van der Waals surface area (Å²) in [5.41, 5.74) is 0. The number of rotatable bonds is 12. The maximum atomic E-state index is 5.96. The average Bonchev–Trinajstić information content (AvgIpc) is 3.26. The van der Waals surface area contributed by atoms with Crippen LogP contribution in [0.25, 0.3) is 0 Å². The van der Waals surface area contributed by atoms with Crippen molar-refractivity contribution in [2.75, 3.05) is 39.6 Å². The second-order valence-corrected chi connectivity index (χ2v) is 8.99. The molecule has 2 fully saturated rings. The molecule has 7 heteroatoms. The van der Waals surface area contributed by atoms with E-state index in [0.29, 0.717) is 19.8 Å². The van der Waals surface area contributed by atoms with Crippen LogP contribution in [-0.4, -0.2) is 65.7 Å². The Labute approximate surface area is 148 Å². The van der Waals surface area contributed by atoms with Gasteiger partial charge in [0.1, 0.15) is 12.5 Å². The fourth-order valence-corrected chi connectivity index (χ4v) is 6.19. The normalized spacial score (nSPS) is 25.0. The molecule has 2 aliphatic heterocycles. The van der Waals surface area contributed by atoms with Crippen molar-refractivity contribution in [2.45, 2.75) is 71.4 Å². The molecule has 0 aromatic carbocycles. The highest BCUT2D eigenvalue weighted by molar-refractivity contribution is 6.60. The predicted octanol–water partition coefficient (Wildman–Crippen LogP) is 3.00. The van der Waals surface area contributed by atoms with Crippen molar-refractivity contribution in [3.63, 3.8) is 0 Å². The van der Waals surface area contributed by atoms with Gasteiger partial charge >= 0.3 is 8.80 Å². The lowest BCUT2D eigenvalue weighted by Crippen LogP contribution is -2.48. The molecule has 2 atom stereocenters. The van der Waals surface area contributed by atoms with Gasteiger partial charge in [-0.05, 0) is 52.9 Å².